The number of rotatable bonds is 4. The van der Waals surface area contributed by atoms with E-state index in [1.165, 1.54) is 18.4 Å². The summed E-state index contributed by atoms with van der Waals surface area (Å²) in [5.41, 5.74) is 2.05. The van der Waals surface area contributed by atoms with Crippen molar-refractivity contribution in [1.29, 1.82) is 0 Å². The van der Waals surface area contributed by atoms with E-state index in [9.17, 15) is 8.78 Å². The van der Waals surface area contributed by atoms with Gasteiger partial charge in [-0.15, -0.1) is 0 Å². The molecule has 1 fully saturated rings. The van der Waals surface area contributed by atoms with Crippen LogP contribution in [0, 0.1) is 0 Å². The normalized spacial score (nSPS) is 20.5. The van der Waals surface area contributed by atoms with Crippen molar-refractivity contribution in [2.75, 3.05) is 25.0 Å². The van der Waals surface area contributed by atoms with Crippen LogP contribution in [-0.4, -0.2) is 26.1 Å². The molecule has 2 N–H and O–H groups in total. The maximum atomic E-state index is 12.0. The van der Waals surface area contributed by atoms with Gasteiger partial charge in [0, 0.05) is 12.2 Å². The van der Waals surface area contributed by atoms with Crippen molar-refractivity contribution < 1.29 is 8.78 Å². The summed E-state index contributed by atoms with van der Waals surface area (Å²) in [7, 11) is 0. The van der Waals surface area contributed by atoms with E-state index in [4.69, 9.17) is 0 Å². The third kappa shape index (κ3) is 3.66. The van der Waals surface area contributed by atoms with Gasteiger partial charge in [-0.3, -0.25) is 0 Å². The summed E-state index contributed by atoms with van der Waals surface area (Å²) < 4.78 is 24.0. The van der Waals surface area contributed by atoms with Crippen molar-refractivity contribution in [1.82, 2.24) is 5.32 Å². The van der Waals surface area contributed by atoms with E-state index in [-0.39, 0.29) is 6.54 Å². The zero-order valence-corrected chi connectivity index (χ0v) is 9.76. The molecule has 2 nitrogen and oxygen atoms in total. The molecule has 1 aliphatic heterocycles. The highest BCUT2D eigenvalue weighted by molar-refractivity contribution is 5.45. The minimum absolute atomic E-state index is 0.287. The number of hydrogen-bond donors (Lipinski definition) is 2. The standard InChI is InChI=1S/C13H18F2N2/c14-13(15)9-17-12-5-3-10(4-6-12)11-2-1-7-16-8-11/h3-6,11,13,16-17H,1-2,7-9H2. The lowest BCUT2D eigenvalue weighted by molar-refractivity contribution is 0.163. The first-order chi connectivity index (χ1) is 8.25. The highest BCUT2D eigenvalue weighted by Gasteiger charge is 2.14. The highest BCUT2D eigenvalue weighted by atomic mass is 19.3. The second kappa shape index (κ2) is 5.96. The third-order valence-electron chi connectivity index (χ3n) is 3.14. The number of hydrogen-bond acceptors (Lipinski definition) is 2. The lowest BCUT2D eigenvalue weighted by Crippen LogP contribution is -2.28. The van der Waals surface area contributed by atoms with Gasteiger partial charge < -0.3 is 10.6 Å². The largest absolute Gasteiger partial charge is 0.379 e. The molecule has 1 aromatic carbocycles. The number of halogens is 2. The van der Waals surface area contributed by atoms with Gasteiger partial charge >= 0.3 is 0 Å². The molecule has 1 aliphatic rings. The fourth-order valence-electron chi connectivity index (χ4n) is 2.20. The van der Waals surface area contributed by atoms with Crippen LogP contribution < -0.4 is 10.6 Å². The molecule has 1 unspecified atom stereocenters. The topological polar surface area (TPSA) is 24.1 Å². The Morgan fingerprint density at radius 2 is 2.06 bits per heavy atom. The molecule has 0 spiro atoms. The van der Waals surface area contributed by atoms with Crippen LogP contribution in [0.5, 0.6) is 0 Å². The van der Waals surface area contributed by atoms with Gasteiger partial charge in [0.05, 0.1) is 6.54 Å². The van der Waals surface area contributed by atoms with Crippen LogP contribution in [-0.2, 0) is 0 Å². The van der Waals surface area contributed by atoms with Crippen molar-refractivity contribution >= 4 is 5.69 Å². The molecular weight excluding hydrogens is 222 g/mol. The monoisotopic (exact) mass is 240 g/mol. The van der Waals surface area contributed by atoms with Crippen LogP contribution in [0.1, 0.15) is 24.3 Å². The molecule has 94 valence electrons. The minimum Gasteiger partial charge on any atom is -0.379 e. The Morgan fingerprint density at radius 1 is 1.29 bits per heavy atom. The molecule has 2 rings (SSSR count). The maximum Gasteiger partial charge on any atom is 0.255 e. The summed E-state index contributed by atoms with van der Waals surface area (Å²) in [5, 5.41) is 6.08. The molecule has 0 aromatic heterocycles. The second-order valence-electron chi connectivity index (χ2n) is 4.44. The zero-order valence-electron chi connectivity index (χ0n) is 9.76. The summed E-state index contributed by atoms with van der Waals surface area (Å²) in [6.45, 7) is 1.83. The summed E-state index contributed by atoms with van der Waals surface area (Å²) >= 11 is 0. The van der Waals surface area contributed by atoms with E-state index in [1.807, 2.05) is 24.3 Å². The van der Waals surface area contributed by atoms with Crippen LogP contribution in [0.15, 0.2) is 24.3 Å². The Labute approximate surface area is 100 Å². The molecular formula is C13H18F2N2. The first-order valence-corrected chi connectivity index (χ1v) is 6.08. The summed E-state index contributed by atoms with van der Waals surface area (Å²) in [5.74, 6) is 0.563. The molecule has 0 aliphatic carbocycles. The average Bonchev–Trinajstić information content (AvgIpc) is 2.38. The third-order valence-corrected chi connectivity index (χ3v) is 3.14. The van der Waals surface area contributed by atoms with E-state index >= 15 is 0 Å². The van der Waals surface area contributed by atoms with Gasteiger partial charge in [-0.25, -0.2) is 8.78 Å². The van der Waals surface area contributed by atoms with Crippen molar-refractivity contribution in [2.24, 2.45) is 0 Å². The van der Waals surface area contributed by atoms with Gasteiger partial charge in [-0.1, -0.05) is 12.1 Å². The summed E-state index contributed by atoms with van der Waals surface area (Å²) in [6.07, 6.45) is 0.101. The SMILES string of the molecule is FC(F)CNc1ccc(C2CCCNC2)cc1. The Kier molecular flexibility index (Phi) is 4.31. The van der Waals surface area contributed by atoms with Gasteiger partial charge in [0.2, 0.25) is 0 Å². The van der Waals surface area contributed by atoms with E-state index in [2.05, 4.69) is 10.6 Å². The number of benzene rings is 1. The molecule has 1 heterocycles. The lowest BCUT2D eigenvalue weighted by atomic mass is 9.92. The fraction of sp³-hybridized carbons (Fsp3) is 0.538. The van der Waals surface area contributed by atoms with E-state index in [1.54, 1.807) is 0 Å². The summed E-state index contributed by atoms with van der Waals surface area (Å²) in [4.78, 5) is 0. The zero-order chi connectivity index (χ0) is 12.1. The van der Waals surface area contributed by atoms with Gasteiger partial charge in [-0.05, 0) is 43.0 Å². The smallest absolute Gasteiger partial charge is 0.255 e. The number of alkyl halides is 2. The molecule has 0 bridgehead atoms. The van der Waals surface area contributed by atoms with E-state index in [0.717, 1.165) is 18.8 Å². The van der Waals surface area contributed by atoms with Crippen LogP contribution in [0.3, 0.4) is 0 Å². The molecule has 1 saturated heterocycles. The van der Waals surface area contributed by atoms with Gasteiger partial charge in [0.25, 0.3) is 6.43 Å². The second-order valence-corrected chi connectivity index (χ2v) is 4.44. The van der Waals surface area contributed by atoms with Crippen molar-refractivity contribution in [3.8, 4) is 0 Å². The van der Waals surface area contributed by atoms with Crippen LogP contribution in [0.4, 0.5) is 14.5 Å². The first-order valence-electron chi connectivity index (χ1n) is 6.08. The molecule has 0 amide bonds. The lowest BCUT2D eigenvalue weighted by Gasteiger charge is -2.23. The van der Waals surface area contributed by atoms with Crippen molar-refractivity contribution in [2.45, 2.75) is 25.2 Å². The molecule has 0 radical (unpaired) electrons. The number of anilines is 1. The van der Waals surface area contributed by atoms with Crippen LogP contribution in [0.2, 0.25) is 0 Å². The van der Waals surface area contributed by atoms with E-state index < -0.39 is 6.43 Å². The predicted octanol–water partition coefficient (Wildman–Crippen LogP) is 2.83. The number of nitrogens with one attached hydrogen (secondary N) is 2. The van der Waals surface area contributed by atoms with Crippen molar-refractivity contribution in [3.63, 3.8) is 0 Å². The maximum absolute atomic E-state index is 12.0. The first kappa shape index (κ1) is 12.3. The molecule has 1 atom stereocenters. The summed E-state index contributed by atoms with van der Waals surface area (Å²) in [6, 6.07) is 7.83. The Bertz CT molecular complexity index is 332. The molecule has 0 saturated carbocycles. The molecule has 4 heteroatoms. The Hall–Kier alpha value is -1.16. The van der Waals surface area contributed by atoms with Gasteiger partial charge in [0.1, 0.15) is 0 Å². The quantitative estimate of drug-likeness (QED) is 0.845. The minimum atomic E-state index is -2.31. The van der Waals surface area contributed by atoms with Crippen LogP contribution in [0.25, 0.3) is 0 Å². The fourth-order valence-corrected chi connectivity index (χ4v) is 2.20. The van der Waals surface area contributed by atoms with Crippen LogP contribution >= 0.6 is 0 Å². The van der Waals surface area contributed by atoms with Gasteiger partial charge in [-0.2, -0.15) is 0 Å². The molecule has 17 heavy (non-hydrogen) atoms. The Morgan fingerprint density at radius 3 is 2.65 bits per heavy atom. The number of piperidine rings is 1. The predicted molar refractivity (Wildman–Crippen MR) is 65.8 cm³/mol. The average molecular weight is 240 g/mol. The van der Waals surface area contributed by atoms with Gasteiger partial charge in [0.15, 0.2) is 0 Å². The highest BCUT2D eigenvalue weighted by Crippen LogP contribution is 2.24. The molecule has 1 aromatic rings. The Balaban J connectivity index is 1.92. The van der Waals surface area contributed by atoms with Crippen molar-refractivity contribution in [3.05, 3.63) is 29.8 Å². The van der Waals surface area contributed by atoms with E-state index in [0.29, 0.717) is 5.92 Å².